The molecule has 0 atom stereocenters. The number of hydrogen-bond acceptors (Lipinski definition) is 1. The van der Waals surface area contributed by atoms with Crippen molar-refractivity contribution in [2.45, 2.75) is 0 Å². The molecule has 1 aromatic heterocycles. The van der Waals surface area contributed by atoms with E-state index in [-0.39, 0.29) is 0 Å². The monoisotopic (exact) mass is 296 g/mol. The van der Waals surface area contributed by atoms with Crippen molar-refractivity contribution in [3.05, 3.63) is 59.3 Å². The summed E-state index contributed by atoms with van der Waals surface area (Å²) in [5, 5.41) is 6.20. The largest absolute Gasteiger partial charge is 0.449 e. The SMILES string of the molecule is Brc1cc2c(ccc3ccc4ccccc4c32)o1. The lowest BCUT2D eigenvalue weighted by Gasteiger charge is -2.04. The van der Waals surface area contributed by atoms with Gasteiger partial charge in [-0.15, -0.1) is 0 Å². The Bertz CT molecular complexity index is 889. The predicted octanol–water partition coefficient (Wildman–Crippen LogP) is 5.50. The fourth-order valence-electron chi connectivity index (χ4n) is 2.59. The van der Waals surface area contributed by atoms with Crippen molar-refractivity contribution in [1.29, 1.82) is 0 Å². The van der Waals surface area contributed by atoms with Gasteiger partial charge in [0.2, 0.25) is 0 Å². The van der Waals surface area contributed by atoms with Crippen LogP contribution in [0.4, 0.5) is 0 Å². The summed E-state index contributed by atoms with van der Waals surface area (Å²) >= 11 is 3.41. The molecule has 0 N–H and O–H groups in total. The van der Waals surface area contributed by atoms with E-state index in [4.69, 9.17) is 4.42 Å². The number of benzene rings is 3. The van der Waals surface area contributed by atoms with Crippen LogP contribution in [0, 0.1) is 0 Å². The van der Waals surface area contributed by atoms with Gasteiger partial charge in [0.15, 0.2) is 4.67 Å². The van der Waals surface area contributed by atoms with Gasteiger partial charge in [0.25, 0.3) is 0 Å². The number of rotatable bonds is 0. The molecule has 86 valence electrons. The van der Waals surface area contributed by atoms with Gasteiger partial charge >= 0.3 is 0 Å². The molecule has 18 heavy (non-hydrogen) atoms. The van der Waals surface area contributed by atoms with Crippen LogP contribution >= 0.6 is 15.9 Å². The summed E-state index contributed by atoms with van der Waals surface area (Å²) in [6, 6.07) is 19.0. The topological polar surface area (TPSA) is 13.1 Å². The van der Waals surface area contributed by atoms with E-state index >= 15 is 0 Å². The summed E-state index contributed by atoms with van der Waals surface area (Å²) < 4.78 is 6.42. The highest BCUT2D eigenvalue weighted by atomic mass is 79.9. The smallest absolute Gasteiger partial charge is 0.170 e. The minimum Gasteiger partial charge on any atom is -0.449 e. The highest BCUT2D eigenvalue weighted by Gasteiger charge is 2.08. The molecule has 0 aliphatic carbocycles. The minimum atomic E-state index is 0.776. The van der Waals surface area contributed by atoms with Gasteiger partial charge in [-0.1, -0.05) is 42.5 Å². The second kappa shape index (κ2) is 3.59. The maximum Gasteiger partial charge on any atom is 0.170 e. The Morgan fingerprint density at radius 2 is 1.56 bits per heavy atom. The molecule has 0 aliphatic heterocycles. The first-order valence-corrected chi connectivity index (χ1v) is 6.62. The Hall–Kier alpha value is -1.80. The molecule has 0 fully saturated rings. The molecular formula is C16H9BrO. The third-order valence-corrected chi connectivity index (χ3v) is 3.77. The Labute approximate surface area is 112 Å². The van der Waals surface area contributed by atoms with Crippen LogP contribution in [-0.2, 0) is 0 Å². The molecule has 0 radical (unpaired) electrons. The van der Waals surface area contributed by atoms with Gasteiger partial charge in [0.05, 0.1) is 0 Å². The van der Waals surface area contributed by atoms with Gasteiger partial charge in [-0.3, -0.25) is 0 Å². The van der Waals surface area contributed by atoms with Crippen molar-refractivity contribution in [3.8, 4) is 0 Å². The second-order valence-electron chi connectivity index (χ2n) is 4.41. The third kappa shape index (κ3) is 1.33. The third-order valence-electron chi connectivity index (χ3n) is 3.38. The van der Waals surface area contributed by atoms with E-state index in [1.807, 2.05) is 12.1 Å². The average Bonchev–Trinajstić information content (AvgIpc) is 2.78. The van der Waals surface area contributed by atoms with Crippen molar-refractivity contribution in [2.75, 3.05) is 0 Å². The molecule has 0 bridgehead atoms. The lowest BCUT2D eigenvalue weighted by Crippen LogP contribution is -1.78. The highest BCUT2D eigenvalue weighted by Crippen LogP contribution is 2.34. The molecular weight excluding hydrogens is 288 g/mol. The van der Waals surface area contributed by atoms with E-state index in [1.165, 1.54) is 21.5 Å². The number of hydrogen-bond donors (Lipinski definition) is 0. The van der Waals surface area contributed by atoms with Gasteiger partial charge in [-0.25, -0.2) is 0 Å². The molecule has 4 aromatic rings. The van der Waals surface area contributed by atoms with Gasteiger partial charge in [-0.05, 0) is 44.2 Å². The molecule has 0 amide bonds. The van der Waals surface area contributed by atoms with Crippen molar-refractivity contribution in [1.82, 2.24) is 0 Å². The first-order valence-electron chi connectivity index (χ1n) is 5.82. The number of furan rings is 1. The fourth-order valence-corrected chi connectivity index (χ4v) is 2.99. The lowest BCUT2D eigenvalue weighted by molar-refractivity contribution is 0.587. The number of halogens is 1. The minimum absolute atomic E-state index is 0.776. The van der Waals surface area contributed by atoms with Crippen LogP contribution < -0.4 is 0 Å². The summed E-state index contributed by atoms with van der Waals surface area (Å²) in [5.74, 6) is 0. The van der Waals surface area contributed by atoms with E-state index in [1.54, 1.807) is 0 Å². The zero-order valence-corrected chi connectivity index (χ0v) is 11.1. The van der Waals surface area contributed by atoms with E-state index in [9.17, 15) is 0 Å². The molecule has 1 heterocycles. The maximum absolute atomic E-state index is 5.64. The zero-order chi connectivity index (χ0) is 12.1. The van der Waals surface area contributed by atoms with Gasteiger partial charge in [-0.2, -0.15) is 0 Å². The van der Waals surface area contributed by atoms with Crippen LogP contribution in [0.3, 0.4) is 0 Å². The van der Waals surface area contributed by atoms with Crippen LogP contribution in [0.2, 0.25) is 0 Å². The lowest BCUT2D eigenvalue weighted by atomic mass is 9.99. The van der Waals surface area contributed by atoms with Crippen molar-refractivity contribution < 1.29 is 4.42 Å². The van der Waals surface area contributed by atoms with Gasteiger partial charge in [0, 0.05) is 10.8 Å². The van der Waals surface area contributed by atoms with Crippen molar-refractivity contribution in [3.63, 3.8) is 0 Å². The molecule has 0 aliphatic rings. The molecule has 0 spiro atoms. The van der Waals surface area contributed by atoms with Crippen LogP contribution in [0.5, 0.6) is 0 Å². The highest BCUT2D eigenvalue weighted by molar-refractivity contribution is 9.10. The summed E-state index contributed by atoms with van der Waals surface area (Å²) in [4.78, 5) is 0. The van der Waals surface area contributed by atoms with E-state index in [0.29, 0.717) is 0 Å². The molecule has 1 nitrogen and oxygen atoms in total. The standard InChI is InChI=1S/C16H9BrO/c17-15-9-13-14(18-15)8-7-11-6-5-10-3-1-2-4-12(10)16(11)13/h1-9H. The number of fused-ring (bicyclic) bond motifs is 5. The molecule has 0 saturated carbocycles. The summed E-state index contributed by atoms with van der Waals surface area (Å²) in [5.41, 5.74) is 0.922. The average molecular weight is 297 g/mol. The van der Waals surface area contributed by atoms with Gasteiger partial charge in [0.1, 0.15) is 5.58 Å². The van der Waals surface area contributed by atoms with Crippen LogP contribution in [0.15, 0.2) is 63.7 Å². The first-order chi connectivity index (χ1) is 8.83. The fraction of sp³-hybridized carbons (Fsp3) is 0. The van der Waals surface area contributed by atoms with Gasteiger partial charge < -0.3 is 4.42 Å². The molecule has 0 saturated heterocycles. The summed E-state index contributed by atoms with van der Waals surface area (Å²) in [6.07, 6.45) is 0. The first kappa shape index (κ1) is 10.2. The maximum atomic E-state index is 5.64. The molecule has 0 unspecified atom stereocenters. The zero-order valence-electron chi connectivity index (χ0n) is 9.48. The van der Waals surface area contributed by atoms with Crippen LogP contribution in [0.1, 0.15) is 0 Å². The van der Waals surface area contributed by atoms with Crippen molar-refractivity contribution >= 4 is 48.4 Å². The van der Waals surface area contributed by atoms with Crippen LogP contribution in [0.25, 0.3) is 32.5 Å². The normalized spacial score (nSPS) is 11.6. The Morgan fingerprint density at radius 1 is 0.778 bits per heavy atom. The van der Waals surface area contributed by atoms with Crippen LogP contribution in [-0.4, -0.2) is 0 Å². The summed E-state index contributed by atoms with van der Waals surface area (Å²) in [6.45, 7) is 0. The van der Waals surface area contributed by atoms with Crippen molar-refractivity contribution in [2.24, 2.45) is 0 Å². The predicted molar refractivity (Wildman–Crippen MR) is 78.9 cm³/mol. The van der Waals surface area contributed by atoms with E-state index in [0.717, 1.165) is 15.6 Å². The summed E-state index contributed by atoms with van der Waals surface area (Å²) in [7, 11) is 0. The molecule has 2 heteroatoms. The Morgan fingerprint density at radius 3 is 2.50 bits per heavy atom. The quantitative estimate of drug-likeness (QED) is 0.390. The van der Waals surface area contributed by atoms with E-state index in [2.05, 4.69) is 58.4 Å². The molecule has 4 rings (SSSR count). The Kier molecular flexibility index (Phi) is 2.03. The Balaban J connectivity index is 2.37. The second-order valence-corrected chi connectivity index (χ2v) is 5.19. The van der Waals surface area contributed by atoms with E-state index < -0.39 is 0 Å². The molecule has 3 aromatic carbocycles.